The molecule has 7 nitrogen and oxygen atoms in total. The number of urea groups is 1. The number of carbonyl (C=O) groups excluding carboxylic acids is 2. The van der Waals surface area contributed by atoms with Gasteiger partial charge in [0.25, 0.3) is 11.5 Å². The van der Waals surface area contributed by atoms with E-state index >= 15 is 0 Å². The van der Waals surface area contributed by atoms with Crippen LogP contribution in [0.2, 0.25) is 0 Å². The lowest BCUT2D eigenvalue weighted by atomic mass is 9.80. The van der Waals surface area contributed by atoms with Crippen LogP contribution in [0.5, 0.6) is 0 Å². The average Bonchev–Trinajstić information content (AvgIpc) is 3.40. The lowest BCUT2D eigenvalue weighted by Gasteiger charge is -2.31. The summed E-state index contributed by atoms with van der Waals surface area (Å²) in [5.41, 5.74) is 7.08. The van der Waals surface area contributed by atoms with Crippen molar-refractivity contribution in [2.75, 3.05) is 10.6 Å². The quantitative estimate of drug-likeness (QED) is 0.504. The van der Waals surface area contributed by atoms with Gasteiger partial charge in [-0.3, -0.25) is 9.59 Å². The maximum absolute atomic E-state index is 13.7. The molecule has 9 heteroatoms. The molecule has 30 heavy (non-hydrogen) atoms. The highest BCUT2D eigenvalue weighted by Gasteiger charge is 2.55. The molecule has 0 aromatic carbocycles. The molecular weight excluding hydrogens is 420 g/mol. The lowest BCUT2D eigenvalue weighted by Crippen LogP contribution is -2.46. The zero-order valence-electron chi connectivity index (χ0n) is 16.2. The first-order valence-corrected chi connectivity index (χ1v) is 11.9. The van der Waals surface area contributed by atoms with E-state index in [2.05, 4.69) is 10.3 Å². The zero-order chi connectivity index (χ0) is 20.6. The molecule has 3 aromatic rings. The zero-order valence-corrected chi connectivity index (χ0v) is 17.8. The number of fused-ring (bicyclic) bond motifs is 5. The number of imide groups is 1. The molecule has 0 radical (unpaired) electrons. The molecule has 0 unspecified atom stereocenters. The van der Waals surface area contributed by atoms with Gasteiger partial charge < -0.3 is 16.0 Å². The van der Waals surface area contributed by atoms with Gasteiger partial charge in [-0.1, -0.05) is 0 Å². The van der Waals surface area contributed by atoms with Gasteiger partial charge in [0.05, 0.1) is 5.69 Å². The van der Waals surface area contributed by atoms with Crippen molar-refractivity contribution < 1.29 is 9.59 Å². The van der Waals surface area contributed by atoms with Crippen LogP contribution in [0.1, 0.15) is 46.6 Å². The molecule has 3 aliphatic rings. The number of nitrogens with two attached hydrogens (primary N) is 1. The van der Waals surface area contributed by atoms with Crippen LogP contribution < -0.4 is 21.5 Å². The van der Waals surface area contributed by atoms with E-state index in [1.54, 1.807) is 22.7 Å². The van der Waals surface area contributed by atoms with Gasteiger partial charge in [0.15, 0.2) is 0 Å². The number of pyridine rings is 1. The molecule has 0 saturated carbocycles. The molecule has 4 heterocycles. The normalized spacial score (nSPS) is 23.1. The smallest absolute Gasteiger partial charge is 0.330 e. The average molecular weight is 441 g/mol. The summed E-state index contributed by atoms with van der Waals surface area (Å²) in [7, 11) is 0. The molecule has 154 valence electrons. The van der Waals surface area contributed by atoms with E-state index < -0.39 is 23.0 Å². The number of thiophene rings is 2. The first-order valence-electron chi connectivity index (χ1n) is 10.2. The Morgan fingerprint density at radius 3 is 2.73 bits per heavy atom. The molecule has 1 fully saturated rings. The Morgan fingerprint density at radius 2 is 1.87 bits per heavy atom. The summed E-state index contributed by atoms with van der Waals surface area (Å²) in [5, 5.41) is 5.65. The second-order valence-corrected chi connectivity index (χ2v) is 10.3. The number of carbonyl (C=O) groups is 2. The predicted molar refractivity (Wildman–Crippen MR) is 118 cm³/mol. The number of nitrogen functional groups attached to an aromatic ring is 1. The Morgan fingerprint density at radius 1 is 1.07 bits per heavy atom. The summed E-state index contributed by atoms with van der Waals surface area (Å²) in [6.45, 7) is 0. The third kappa shape index (κ3) is 2.22. The fraction of sp³-hybridized carbons (Fsp3) is 0.381. The van der Waals surface area contributed by atoms with Crippen molar-refractivity contribution in [1.29, 1.82) is 0 Å². The molecule has 2 aliphatic carbocycles. The minimum atomic E-state index is -1.10. The Bertz CT molecular complexity index is 1300. The number of nitrogens with one attached hydrogen (secondary N) is 2. The highest BCUT2D eigenvalue weighted by molar-refractivity contribution is 7.19. The Labute approximate surface area is 179 Å². The SMILES string of the molecule is Nc1c(N2C(=O)N[C@]3(CCCc4sccc43)C2=O)c(=O)[nH]c2sc3c(c12)CCCC3. The number of hydrogen-bond acceptors (Lipinski definition) is 6. The van der Waals surface area contributed by atoms with Gasteiger partial charge >= 0.3 is 6.03 Å². The number of rotatable bonds is 1. The topological polar surface area (TPSA) is 108 Å². The van der Waals surface area contributed by atoms with Crippen molar-refractivity contribution in [1.82, 2.24) is 10.3 Å². The van der Waals surface area contributed by atoms with E-state index in [9.17, 15) is 14.4 Å². The molecule has 1 aliphatic heterocycles. The number of nitrogens with zero attached hydrogens (tertiary/aromatic N) is 1. The van der Waals surface area contributed by atoms with E-state index in [1.165, 1.54) is 4.88 Å². The molecule has 4 N–H and O–H groups in total. The largest absolute Gasteiger partial charge is 0.396 e. The fourth-order valence-electron chi connectivity index (χ4n) is 5.26. The third-order valence-corrected chi connectivity index (χ3v) is 8.80. The van der Waals surface area contributed by atoms with Gasteiger partial charge in [0.2, 0.25) is 0 Å². The molecular formula is C21H20N4O3S2. The third-order valence-electron chi connectivity index (χ3n) is 6.61. The molecule has 0 bridgehead atoms. The molecule has 1 atom stereocenters. The lowest BCUT2D eigenvalue weighted by molar-refractivity contribution is -0.122. The first kappa shape index (κ1) is 18.1. The van der Waals surface area contributed by atoms with Crippen LogP contribution in [-0.4, -0.2) is 16.9 Å². The summed E-state index contributed by atoms with van der Waals surface area (Å²) in [6, 6.07) is 1.33. The molecule has 1 saturated heterocycles. The highest BCUT2D eigenvalue weighted by atomic mass is 32.1. The molecule has 6 rings (SSSR count). The molecule has 1 spiro atoms. The summed E-state index contributed by atoms with van der Waals surface area (Å²) in [6.07, 6.45) is 6.27. The van der Waals surface area contributed by atoms with Crippen molar-refractivity contribution in [3.63, 3.8) is 0 Å². The van der Waals surface area contributed by atoms with Crippen molar-refractivity contribution in [2.45, 2.75) is 50.5 Å². The second kappa shape index (κ2) is 6.18. The van der Waals surface area contributed by atoms with Crippen LogP contribution >= 0.6 is 22.7 Å². The monoisotopic (exact) mass is 440 g/mol. The number of amides is 3. The molecule has 3 aromatic heterocycles. The van der Waals surface area contributed by atoms with Gasteiger partial charge in [0.1, 0.15) is 16.1 Å². The van der Waals surface area contributed by atoms with Gasteiger partial charge in [0, 0.05) is 20.7 Å². The van der Waals surface area contributed by atoms with Crippen molar-refractivity contribution in [2.24, 2.45) is 0 Å². The number of aromatic nitrogens is 1. The number of aromatic amines is 1. The van der Waals surface area contributed by atoms with E-state index in [0.29, 0.717) is 6.42 Å². The maximum Gasteiger partial charge on any atom is 0.330 e. The summed E-state index contributed by atoms with van der Waals surface area (Å²) in [5.74, 6) is -0.410. The van der Waals surface area contributed by atoms with Crippen LogP contribution in [0.15, 0.2) is 16.2 Å². The van der Waals surface area contributed by atoms with Crippen LogP contribution in [0, 0.1) is 0 Å². The molecule has 3 amide bonds. The van der Waals surface area contributed by atoms with Crippen LogP contribution in [0.4, 0.5) is 16.2 Å². The minimum absolute atomic E-state index is 0.0459. The van der Waals surface area contributed by atoms with Gasteiger partial charge in [-0.15, -0.1) is 22.7 Å². The number of hydrogen-bond donors (Lipinski definition) is 3. The first-order chi connectivity index (χ1) is 14.5. The highest BCUT2D eigenvalue weighted by Crippen LogP contribution is 2.45. The van der Waals surface area contributed by atoms with Crippen LogP contribution in [-0.2, 0) is 29.6 Å². The summed E-state index contributed by atoms with van der Waals surface area (Å²) >= 11 is 3.15. The predicted octanol–water partition coefficient (Wildman–Crippen LogP) is 3.40. The fourth-order valence-corrected chi connectivity index (χ4v) is 7.56. The van der Waals surface area contributed by atoms with E-state index in [1.807, 2.05) is 11.4 Å². The standard InChI is InChI=1S/C21H20N4O3S2/c22-15-14-10-4-1-2-5-12(10)30-18(14)23-17(26)16(15)25-19(27)21(24-20(25)28)8-3-6-13-11(21)7-9-29-13/h7,9H,1-6,8H2,(H,24,28)(H3,22,23,26)/t21-/m0/s1. The maximum atomic E-state index is 13.7. The van der Waals surface area contributed by atoms with Crippen molar-refractivity contribution >= 4 is 56.2 Å². The van der Waals surface area contributed by atoms with Crippen molar-refractivity contribution in [3.05, 3.63) is 42.7 Å². The Kier molecular flexibility index (Phi) is 3.74. The van der Waals surface area contributed by atoms with Gasteiger partial charge in [-0.05, 0) is 62.0 Å². The van der Waals surface area contributed by atoms with Crippen LogP contribution in [0.3, 0.4) is 0 Å². The number of H-pyrrole nitrogens is 1. The minimum Gasteiger partial charge on any atom is -0.396 e. The number of anilines is 2. The van der Waals surface area contributed by atoms with Gasteiger partial charge in [-0.2, -0.15) is 0 Å². The Balaban J connectivity index is 1.54. The number of aryl methyl sites for hydroxylation is 3. The second-order valence-electron chi connectivity index (χ2n) is 8.22. The van der Waals surface area contributed by atoms with Gasteiger partial charge in [-0.25, -0.2) is 9.69 Å². The summed E-state index contributed by atoms with van der Waals surface area (Å²) in [4.78, 5) is 46.7. The van der Waals surface area contributed by atoms with E-state index in [4.69, 9.17) is 5.73 Å². The van der Waals surface area contributed by atoms with Crippen LogP contribution in [0.25, 0.3) is 10.2 Å². The van der Waals surface area contributed by atoms with E-state index in [0.717, 1.165) is 69.6 Å². The Hall–Kier alpha value is -2.65. The van der Waals surface area contributed by atoms with Crippen molar-refractivity contribution in [3.8, 4) is 0 Å². The van der Waals surface area contributed by atoms with E-state index in [-0.39, 0.29) is 11.4 Å². The summed E-state index contributed by atoms with van der Waals surface area (Å²) < 4.78 is 0.